The number of rotatable bonds is 8. The molecule has 1 aliphatic rings. The van der Waals surface area contributed by atoms with E-state index in [1.165, 1.54) is 11.0 Å². The third-order valence-corrected chi connectivity index (χ3v) is 6.02. The predicted octanol–water partition coefficient (Wildman–Crippen LogP) is 3.74. The first-order chi connectivity index (χ1) is 16.5. The molecule has 34 heavy (non-hydrogen) atoms. The maximum Gasteiger partial charge on any atom is 0.339 e. The first kappa shape index (κ1) is 22.0. The van der Waals surface area contributed by atoms with E-state index in [9.17, 15) is 14.4 Å². The van der Waals surface area contributed by atoms with Crippen molar-refractivity contribution in [1.82, 2.24) is 15.0 Å². The van der Waals surface area contributed by atoms with E-state index in [0.29, 0.717) is 53.2 Å². The number of nitrogens with zero attached hydrogens (tertiary/aromatic N) is 4. The van der Waals surface area contributed by atoms with Gasteiger partial charge in [0.15, 0.2) is 0 Å². The molecule has 2 aromatic heterocycles. The summed E-state index contributed by atoms with van der Waals surface area (Å²) in [6, 6.07) is 13.8. The van der Waals surface area contributed by atoms with Crippen molar-refractivity contribution in [3.63, 3.8) is 0 Å². The molecule has 0 unspecified atom stereocenters. The Balaban J connectivity index is 1.15. The number of para-hydroxylation sites is 1. The van der Waals surface area contributed by atoms with Crippen LogP contribution in [0.3, 0.4) is 0 Å². The van der Waals surface area contributed by atoms with E-state index >= 15 is 0 Å². The van der Waals surface area contributed by atoms with Gasteiger partial charge in [-0.15, -0.1) is 5.10 Å². The third kappa shape index (κ3) is 4.36. The zero-order valence-corrected chi connectivity index (χ0v) is 19.5. The van der Waals surface area contributed by atoms with E-state index in [4.69, 9.17) is 9.15 Å². The largest absolute Gasteiger partial charge is 0.486 e. The first-order valence-corrected chi connectivity index (χ1v) is 11.5. The van der Waals surface area contributed by atoms with Crippen molar-refractivity contribution in [2.45, 2.75) is 26.0 Å². The molecule has 4 aromatic rings. The monoisotopic (exact) mass is 522 g/mol. The topological polar surface area (TPSA) is 108 Å². The number of hydrogen-bond acceptors (Lipinski definition) is 7. The van der Waals surface area contributed by atoms with Gasteiger partial charge in [-0.2, -0.15) is 0 Å². The van der Waals surface area contributed by atoms with E-state index in [2.05, 4.69) is 26.2 Å². The molecule has 0 fully saturated rings. The summed E-state index contributed by atoms with van der Waals surface area (Å²) in [5.74, 6) is -0.532. The van der Waals surface area contributed by atoms with Crippen LogP contribution in [0.5, 0.6) is 5.75 Å². The fraction of sp³-hybridized carbons (Fsp3) is 0.208. The van der Waals surface area contributed by atoms with Crippen LogP contribution in [0, 0.1) is 0 Å². The number of halogens is 1. The quantitative estimate of drug-likeness (QED) is 0.197. The minimum Gasteiger partial charge on any atom is -0.486 e. The Morgan fingerprint density at radius 2 is 1.82 bits per heavy atom. The smallest absolute Gasteiger partial charge is 0.339 e. The number of ether oxygens (including phenoxy) is 1. The molecule has 1 aliphatic heterocycles. The molecule has 1 amide bonds. The van der Waals surface area contributed by atoms with E-state index in [-0.39, 0.29) is 6.61 Å². The predicted molar refractivity (Wildman–Crippen MR) is 127 cm³/mol. The normalized spacial score (nSPS) is 13.0. The second-order valence-electron chi connectivity index (χ2n) is 7.84. The molecule has 0 aliphatic carbocycles. The van der Waals surface area contributed by atoms with Crippen LogP contribution < -0.4 is 15.3 Å². The molecule has 0 saturated heterocycles. The van der Waals surface area contributed by atoms with Gasteiger partial charge < -0.3 is 14.1 Å². The van der Waals surface area contributed by atoms with Crippen LogP contribution in [0.4, 0.5) is 5.69 Å². The van der Waals surface area contributed by atoms with E-state index in [1.54, 1.807) is 35.1 Å². The number of unbranched alkanes of at least 4 members (excludes halogenated alkanes) is 1. The Kier molecular flexibility index (Phi) is 5.97. The average Bonchev–Trinajstić information content (AvgIpc) is 3.38. The van der Waals surface area contributed by atoms with Crippen molar-refractivity contribution < 1.29 is 18.7 Å². The third-order valence-electron chi connectivity index (χ3n) is 5.53. The summed E-state index contributed by atoms with van der Waals surface area (Å²) < 4.78 is 13.4. The maximum absolute atomic E-state index is 12.3. The fourth-order valence-electron chi connectivity index (χ4n) is 3.91. The van der Waals surface area contributed by atoms with E-state index < -0.39 is 17.3 Å². The lowest BCUT2D eigenvalue weighted by Crippen LogP contribution is -2.30. The molecule has 2 aromatic carbocycles. The number of benzene rings is 2. The summed E-state index contributed by atoms with van der Waals surface area (Å²) in [7, 11) is 0. The van der Waals surface area contributed by atoms with Gasteiger partial charge >= 0.3 is 5.63 Å². The highest BCUT2D eigenvalue weighted by Gasteiger charge is 2.35. The van der Waals surface area contributed by atoms with Crippen LogP contribution in [0.1, 0.15) is 28.9 Å². The zero-order valence-electron chi connectivity index (χ0n) is 17.9. The van der Waals surface area contributed by atoms with Crippen molar-refractivity contribution in [3.8, 4) is 5.75 Å². The number of carbonyl (C=O) groups is 2. The van der Waals surface area contributed by atoms with Gasteiger partial charge in [0.25, 0.3) is 11.7 Å². The highest BCUT2D eigenvalue weighted by atomic mass is 79.9. The molecule has 3 heterocycles. The van der Waals surface area contributed by atoms with Gasteiger partial charge in [0, 0.05) is 17.6 Å². The molecular weight excluding hydrogens is 504 g/mol. The fourth-order valence-corrected chi connectivity index (χ4v) is 4.27. The SMILES string of the molecule is O=C1C(=O)N(CCCCn2cc(COc3cc(=O)oc4ccccc34)nn2)c2ccc(Br)cc21. The van der Waals surface area contributed by atoms with Gasteiger partial charge in [-0.1, -0.05) is 33.3 Å². The Morgan fingerprint density at radius 3 is 2.71 bits per heavy atom. The second kappa shape index (κ2) is 9.22. The Hall–Kier alpha value is -3.79. The van der Waals surface area contributed by atoms with E-state index in [0.717, 1.165) is 10.9 Å². The zero-order chi connectivity index (χ0) is 23.7. The summed E-state index contributed by atoms with van der Waals surface area (Å²) in [4.78, 5) is 37.8. The molecule has 5 rings (SSSR count). The van der Waals surface area contributed by atoms with Crippen LogP contribution in [-0.4, -0.2) is 33.2 Å². The van der Waals surface area contributed by atoms with Gasteiger partial charge in [-0.25, -0.2) is 4.79 Å². The standard InChI is InChI=1S/C24H19BrN4O5/c25-15-7-8-19-18(11-15)23(31)24(32)29(19)10-4-3-9-28-13-16(26-27-28)14-33-21-12-22(30)34-20-6-2-1-5-17(20)21/h1-2,5-8,11-13H,3-4,9-10,14H2. The Morgan fingerprint density at radius 1 is 1.00 bits per heavy atom. The number of aromatic nitrogens is 3. The van der Waals surface area contributed by atoms with Crippen LogP contribution in [0.15, 0.2) is 68.4 Å². The number of carbonyl (C=O) groups excluding carboxylic acids is 2. The van der Waals surface area contributed by atoms with Crippen LogP contribution in [-0.2, 0) is 17.9 Å². The lowest BCUT2D eigenvalue weighted by molar-refractivity contribution is -0.114. The van der Waals surface area contributed by atoms with Gasteiger partial charge in [-0.05, 0) is 43.2 Å². The highest BCUT2D eigenvalue weighted by molar-refractivity contribution is 9.10. The van der Waals surface area contributed by atoms with Crippen molar-refractivity contribution in [2.75, 3.05) is 11.4 Å². The molecule has 0 atom stereocenters. The molecular formula is C24H19BrN4O5. The lowest BCUT2D eigenvalue weighted by Gasteiger charge is -2.16. The number of amides is 1. The second-order valence-corrected chi connectivity index (χ2v) is 8.76. The molecule has 0 saturated carbocycles. The number of fused-ring (bicyclic) bond motifs is 2. The summed E-state index contributed by atoms with van der Waals surface area (Å²) in [6.45, 7) is 1.21. The lowest BCUT2D eigenvalue weighted by atomic mass is 10.1. The minimum absolute atomic E-state index is 0.157. The number of anilines is 1. The minimum atomic E-state index is -0.490. The van der Waals surface area contributed by atoms with Gasteiger partial charge in [0.2, 0.25) is 0 Å². The maximum atomic E-state index is 12.3. The molecule has 0 radical (unpaired) electrons. The summed E-state index contributed by atoms with van der Waals surface area (Å²) in [6.07, 6.45) is 3.23. The van der Waals surface area contributed by atoms with E-state index in [1.807, 2.05) is 18.2 Å². The van der Waals surface area contributed by atoms with Crippen LogP contribution in [0.25, 0.3) is 11.0 Å². The number of aryl methyl sites for hydroxylation is 1. The van der Waals surface area contributed by atoms with Gasteiger partial charge in [0.1, 0.15) is 23.6 Å². The first-order valence-electron chi connectivity index (χ1n) is 10.7. The van der Waals surface area contributed by atoms with Gasteiger partial charge in [0.05, 0.1) is 28.9 Å². The Labute approximate surface area is 202 Å². The summed E-state index contributed by atoms with van der Waals surface area (Å²) in [5, 5.41) is 8.95. The van der Waals surface area contributed by atoms with Crippen molar-refractivity contribution >= 4 is 44.3 Å². The van der Waals surface area contributed by atoms with Gasteiger partial charge in [-0.3, -0.25) is 14.3 Å². The van der Waals surface area contributed by atoms with Crippen molar-refractivity contribution in [1.29, 1.82) is 0 Å². The molecule has 0 bridgehead atoms. The van der Waals surface area contributed by atoms with Crippen LogP contribution >= 0.6 is 15.9 Å². The molecule has 9 nitrogen and oxygen atoms in total. The number of ketones is 1. The van der Waals surface area contributed by atoms with Crippen LogP contribution in [0.2, 0.25) is 0 Å². The Bertz CT molecular complexity index is 1460. The average molecular weight is 523 g/mol. The number of Topliss-reactive ketones (excluding diaryl/α,β-unsaturated/α-hetero) is 1. The molecule has 0 spiro atoms. The summed E-state index contributed by atoms with van der Waals surface area (Å²) in [5.41, 5.74) is 1.69. The highest BCUT2D eigenvalue weighted by Crippen LogP contribution is 2.31. The van der Waals surface area contributed by atoms with Crippen molar-refractivity contribution in [3.05, 3.63) is 80.9 Å². The number of hydrogen-bond donors (Lipinski definition) is 0. The molecule has 172 valence electrons. The van der Waals surface area contributed by atoms with Crippen molar-refractivity contribution in [2.24, 2.45) is 0 Å². The molecule has 0 N–H and O–H groups in total. The molecule has 10 heteroatoms. The summed E-state index contributed by atoms with van der Waals surface area (Å²) >= 11 is 3.34.